The summed E-state index contributed by atoms with van der Waals surface area (Å²) in [5.41, 5.74) is -1.08. The molecule has 5 nitrogen and oxygen atoms in total. The average molecular weight is 506 g/mol. The number of esters is 1. The van der Waals surface area contributed by atoms with Gasteiger partial charge in [0, 0.05) is 16.7 Å². The predicted molar refractivity (Wildman–Crippen MR) is 141 cm³/mol. The topological polar surface area (TPSA) is 84.2 Å². The number of nitrogens with zero attached hydrogens (tertiary/aromatic N) is 1. The first kappa shape index (κ1) is 26.4. The van der Waals surface area contributed by atoms with Gasteiger partial charge in [-0.25, -0.2) is 0 Å². The first-order valence-electron chi connectivity index (χ1n) is 14.2. The van der Waals surface area contributed by atoms with Crippen molar-refractivity contribution in [2.24, 2.45) is 56.7 Å². The first-order valence-corrected chi connectivity index (χ1v) is 14.2. The molecule has 3 saturated carbocycles. The molecule has 0 amide bonds. The molecule has 0 spiro atoms. The summed E-state index contributed by atoms with van der Waals surface area (Å²) < 4.78 is 5.43. The molecule has 0 bridgehead atoms. The van der Waals surface area contributed by atoms with Crippen LogP contribution in [0.1, 0.15) is 87.0 Å². The highest BCUT2D eigenvalue weighted by molar-refractivity contribution is 6.05. The summed E-state index contributed by atoms with van der Waals surface area (Å²) in [6.07, 6.45) is 8.88. The Morgan fingerprint density at radius 3 is 2.32 bits per heavy atom. The van der Waals surface area contributed by atoms with Gasteiger partial charge in [0.2, 0.25) is 0 Å². The lowest BCUT2D eigenvalue weighted by Crippen LogP contribution is -2.66. The van der Waals surface area contributed by atoms with Crippen LogP contribution in [0.4, 0.5) is 0 Å². The first-order chi connectivity index (χ1) is 17.2. The lowest BCUT2D eigenvalue weighted by atomic mass is 9.33. The monoisotopic (exact) mass is 505 g/mol. The number of allylic oxidation sites excluding steroid dienone is 4. The van der Waals surface area contributed by atoms with Gasteiger partial charge in [0.25, 0.3) is 0 Å². The lowest BCUT2D eigenvalue weighted by Gasteiger charge is -2.69. The highest BCUT2D eigenvalue weighted by atomic mass is 16.5. The zero-order valence-electron chi connectivity index (χ0n) is 23.9. The van der Waals surface area contributed by atoms with Gasteiger partial charge in [-0.05, 0) is 79.1 Å². The van der Waals surface area contributed by atoms with Crippen LogP contribution >= 0.6 is 0 Å². The highest BCUT2D eigenvalue weighted by Gasteiger charge is 2.71. The van der Waals surface area contributed by atoms with E-state index in [2.05, 4.69) is 40.7 Å². The third-order valence-corrected chi connectivity index (χ3v) is 12.8. The minimum atomic E-state index is -0.693. The molecule has 0 saturated heterocycles. The van der Waals surface area contributed by atoms with Gasteiger partial charge >= 0.3 is 5.97 Å². The number of carbonyl (C=O) groups is 3. The largest absolute Gasteiger partial charge is 0.469 e. The maximum absolute atomic E-state index is 14.4. The van der Waals surface area contributed by atoms with Crippen molar-refractivity contribution in [2.75, 3.05) is 7.11 Å². The van der Waals surface area contributed by atoms with Crippen LogP contribution in [0.25, 0.3) is 0 Å². The Kier molecular flexibility index (Phi) is 5.64. The Balaban J connectivity index is 1.72. The van der Waals surface area contributed by atoms with Crippen molar-refractivity contribution >= 4 is 17.5 Å². The van der Waals surface area contributed by atoms with Gasteiger partial charge in [0.05, 0.1) is 18.1 Å². The number of hydrogen-bond donors (Lipinski definition) is 0. The molecule has 200 valence electrons. The van der Waals surface area contributed by atoms with Crippen molar-refractivity contribution in [3.05, 3.63) is 23.3 Å². The molecule has 9 atom stereocenters. The number of nitriles is 1. The third kappa shape index (κ3) is 2.99. The molecule has 1 unspecified atom stereocenters. The van der Waals surface area contributed by atoms with Crippen molar-refractivity contribution in [3.8, 4) is 6.07 Å². The summed E-state index contributed by atoms with van der Waals surface area (Å²) >= 11 is 0. The molecule has 0 aromatic carbocycles. The second kappa shape index (κ2) is 7.90. The third-order valence-electron chi connectivity index (χ3n) is 12.8. The Hall–Kier alpha value is -2.22. The van der Waals surface area contributed by atoms with Crippen molar-refractivity contribution in [2.45, 2.75) is 87.0 Å². The molecule has 37 heavy (non-hydrogen) atoms. The summed E-state index contributed by atoms with van der Waals surface area (Å²) in [7, 11) is 1.50. The van der Waals surface area contributed by atoms with Crippen LogP contribution in [-0.4, -0.2) is 24.6 Å². The molecular formula is C32H43NO4. The van der Waals surface area contributed by atoms with Crippen molar-refractivity contribution in [1.82, 2.24) is 0 Å². The summed E-state index contributed by atoms with van der Waals surface area (Å²) in [6, 6.07) is 2.16. The molecule has 0 aromatic heterocycles. The number of ketones is 2. The summed E-state index contributed by atoms with van der Waals surface area (Å²) in [5, 5.41) is 9.87. The molecule has 3 fully saturated rings. The summed E-state index contributed by atoms with van der Waals surface area (Å²) in [5.74, 6) is 0.292. The van der Waals surface area contributed by atoms with Crippen LogP contribution < -0.4 is 0 Å². The molecule has 5 heteroatoms. The van der Waals surface area contributed by atoms with E-state index >= 15 is 0 Å². The average Bonchev–Trinajstić information content (AvgIpc) is 2.84. The Labute approximate surface area is 222 Å². The van der Waals surface area contributed by atoms with E-state index in [1.807, 2.05) is 26.0 Å². The standard InChI is InChI=1S/C32H43NO4/c1-18-9-12-32(27(36)37-8)14-13-30(6)21(24(32)19(18)2)15-22(34)25-29(5)16-20(17-33)26(35)28(3,4)23(29)10-11-31(25,30)7/h15-16,18-19,23-25H,9-14H2,1-8H3/t18-,19+,23+,24?,25-,29+,30-,31-,32+/m1/s1. The normalized spacial score (nSPS) is 48.2. The zero-order chi connectivity index (χ0) is 27.3. The van der Waals surface area contributed by atoms with E-state index in [0.717, 1.165) is 44.1 Å². The Morgan fingerprint density at radius 1 is 1.03 bits per heavy atom. The number of rotatable bonds is 1. The quantitative estimate of drug-likeness (QED) is 0.394. The molecule has 5 aliphatic carbocycles. The van der Waals surface area contributed by atoms with E-state index in [-0.39, 0.29) is 57.6 Å². The minimum Gasteiger partial charge on any atom is -0.469 e. The van der Waals surface area contributed by atoms with Gasteiger partial charge in [-0.1, -0.05) is 60.1 Å². The van der Waals surface area contributed by atoms with E-state index in [1.54, 1.807) is 0 Å². The minimum absolute atomic E-state index is 0.00319. The Morgan fingerprint density at radius 2 is 1.70 bits per heavy atom. The van der Waals surface area contributed by atoms with Crippen LogP contribution in [0.5, 0.6) is 0 Å². The van der Waals surface area contributed by atoms with E-state index in [1.165, 1.54) is 7.11 Å². The van der Waals surface area contributed by atoms with E-state index in [0.29, 0.717) is 5.92 Å². The van der Waals surface area contributed by atoms with Crippen LogP contribution in [-0.2, 0) is 19.1 Å². The molecule has 5 aliphatic rings. The number of hydrogen-bond acceptors (Lipinski definition) is 5. The van der Waals surface area contributed by atoms with E-state index in [4.69, 9.17) is 4.74 Å². The molecule has 0 aromatic rings. The van der Waals surface area contributed by atoms with Crippen molar-refractivity contribution < 1.29 is 19.1 Å². The second-order valence-corrected chi connectivity index (χ2v) is 14.4. The highest BCUT2D eigenvalue weighted by Crippen LogP contribution is 2.74. The van der Waals surface area contributed by atoms with Crippen LogP contribution in [0.3, 0.4) is 0 Å². The van der Waals surface area contributed by atoms with Crippen LogP contribution in [0, 0.1) is 68.0 Å². The molecule has 0 radical (unpaired) electrons. The lowest BCUT2D eigenvalue weighted by molar-refractivity contribution is -0.182. The fraction of sp³-hybridized carbons (Fsp3) is 0.750. The maximum atomic E-state index is 14.4. The van der Waals surface area contributed by atoms with E-state index in [9.17, 15) is 19.6 Å². The van der Waals surface area contributed by atoms with Gasteiger partial charge in [-0.2, -0.15) is 5.26 Å². The summed E-state index contributed by atoms with van der Waals surface area (Å²) in [4.78, 5) is 41.0. The van der Waals surface area contributed by atoms with Gasteiger partial charge < -0.3 is 4.74 Å². The van der Waals surface area contributed by atoms with Gasteiger partial charge in [0.1, 0.15) is 6.07 Å². The number of Topliss-reactive ketones (excluding diaryl/α,β-unsaturated/α-hetero) is 1. The SMILES string of the molecule is COC(=O)[C@]12CC[C@@H](C)[C@H](C)C1C1=CC(=O)[C@@H]3[C@@]4(C)C=C(C#N)C(=O)C(C)(C)[C@@H]4CC[C@@]3(C)[C@]1(C)CC2. The van der Waals surface area contributed by atoms with Crippen LogP contribution in [0.2, 0.25) is 0 Å². The fourth-order valence-corrected chi connectivity index (χ4v) is 10.5. The van der Waals surface area contributed by atoms with Gasteiger partial charge in [-0.15, -0.1) is 0 Å². The molecule has 0 aliphatic heterocycles. The zero-order valence-corrected chi connectivity index (χ0v) is 23.9. The number of methoxy groups -OCH3 is 1. The fourth-order valence-electron chi connectivity index (χ4n) is 10.5. The van der Waals surface area contributed by atoms with E-state index < -0.39 is 16.2 Å². The van der Waals surface area contributed by atoms with Gasteiger partial charge in [0.15, 0.2) is 11.6 Å². The van der Waals surface area contributed by atoms with Crippen molar-refractivity contribution in [1.29, 1.82) is 5.26 Å². The Bertz CT molecular complexity index is 1190. The van der Waals surface area contributed by atoms with Crippen LogP contribution in [0.15, 0.2) is 23.3 Å². The predicted octanol–water partition coefficient (Wildman–Crippen LogP) is 6.23. The molecule has 0 heterocycles. The second-order valence-electron chi connectivity index (χ2n) is 14.4. The summed E-state index contributed by atoms with van der Waals surface area (Å²) in [6.45, 7) is 15.2. The number of carbonyl (C=O) groups excluding carboxylic acids is 3. The van der Waals surface area contributed by atoms with Crippen molar-refractivity contribution in [3.63, 3.8) is 0 Å². The number of fused-ring (bicyclic) bond motifs is 7. The maximum Gasteiger partial charge on any atom is 0.312 e. The molecular weight excluding hydrogens is 462 g/mol. The number of ether oxygens (including phenoxy) is 1. The molecule has 0 N–H and O–H groups in total. The van der Waals surface area contributed by atoms with Gasteiger partial charge in [-0.3, -0.25) is 14.4 Å². The smallest absolute Gasteiger partial charge is 0.312 e. The molecule has 5 rings (SSSR count).